The standard InChI is InChI=1S/C15H10ClNO/c16-14-3-1-2-13(9-14)15(18)8-11-4-6-12(10-17)7-5-11/h1-7,9H,8H2. The monoisotopic (exact) mass is 255 g/mol. The number of hydrogen-bond acceptors (Lipinski definition) is 2. The van der Waals surface area contributed by atoms with Crippen LogP contribution in [-0.4, -0.2) is 5.78 Å². The molecule has 2 aromatic rings. The minimum atomic E-state index is 0.0159. The molecule has 18 heavy (non-hydrogen) atoms. The number of nitrogens with zero attached hydrogens (tertiary/aromatic N) is 1. The Kier molecular flexibility index (Phi) is 3.76. The van der Waals surface area contributed by atoms with E-state index in [1.165, 1.54) is 0 Å². The van der Waals surface area contributed by atoms with E-state index in [4.69, 9.17) is 16.9 Å². The Balaban J connectivity index is 2.14. The second-order valence-corrected chi connectivity index (χ2v) is 4.36. The topological polar surface area (TPSA) is 40.9 Å². The molecule has 0 heterocycles. The number of nitriles is 1. The van der Waals surface area contributed by atoms with Crippen molar-refractivity contribution in [1.29, 1.82) is 5.26 Å². The largest absolute Gasteiger partial charge is 0.294 e. The first-order chi connectivity index (χ1) is 8.69. The highest BCUT2D eigenvalue weighted by Crippen LogP contribution is 2.13. The van der Waals surface area contributed by atoms with Gasteiger partial charge in [0.2, 0.25) is 0 Å². The summed E-state index contributed by atoms with van der Waals surface area (Å²) in [5, 5.41) is 9.24. The van der Waals surface area contributed by atoms with Crippen LogP contribution in [0.5, 0.6) is 0 Å². The predicted octanol–water partition coefficient (Wildman–Crippen LogP) is 3.64. The Morgan fingerprint density at radius 3 is 2.50 bits per heavy atom. The molecule has 2 rings (SSSR count). The molecular formula is C15H10ClNO. The van der Waals surface area contributed by atoms with E-state index in [2.05, 4.69) is 0 Å². The van der Waals surface area contributed by atoms with Gasteiger partial charge in [-0.25, -0.2) is 0 Å². The van der Waals surface area contributed by atoms with E-state index in [0.29, 0.717) is 22.6 Å². The summed E-state index contributed by atoms with van der Waals surface area (Å²) in [4.78, 5) is 12.0. The molecule has 88 valence electrons. The number of halogens is 1. The van der Waals surface area contributed by atoms with Crippen LogP contribution in [-0.2, 0) is 6.42 Å². The lowest BCUT2D eigenvalue weighted by Crippen LogP contribution is -2.03. The molecule has 0 N–H and O–H groups in total. The fraction of sp³-hybridized carbons (Fsp3) is 0.0667. The third-order valence-corrected chi connectivity index (χ3v) is 2.83. The van der Waals surface area contributed by atoms with Crippen LogP contribution in [0.25, 0.3) is 0 Å². The molecule has 0 bridgehead atoms. The van der Waals surface area contributed by atoms with Crippen molar-refractivity contribution < 1.29 is 4.79 Å². The normalized spacial score (nSPS) is 9.78. The van der Waals surface area contributed by atoms with Crippen molar-refractivity contribution in [2.75, 3.05) is 0 Å². The van der Waals surface area contributed by atoms with Gasteiger partial charge in [-0.2, -0.15) is 5.26 Å². The van der Waals surface area contributed by atoms with Crippen molar-refractivity contribution >= 4 is 17.4 Å². The molecule has 3 heteroatoms. The number of rotatable bonds is 3. The maximum Gasteiger partial charge on any atom is 0.167 e. The second kappa shape index (κ2) is 5.48. The Labute approximate surface area is 110 Å². The molecule has 0 unspecified atom stereocenters. The molecule has 0 radical (unpaired) electrons. The number of hydrogen-bond donors (Lipinski definition) is 0. The molecule has 2 aromatic carbocycles. The number of ketones is 1. The summed E-state index contributed by atoms with van der Waals surface area (Å²) in [6.45, 7) is 0. The molecular weight excluding hydrogens is 246 g/mol. The van der Waals surface area contributed by atoms with Gasteiger partial charge in [0.25, 0.3) is 0 Å². The smallest absolute Gasteiger partial charge is 0.167 e. The lowest BCUT2D eigenvalue weighted by atomic mass is 10.0. The van der Waals surface area contributed by atoms with Crippen LogP contribution in [0.15, 0.2) is 48.5 Å². The summed E-state index contributed by atoms with van der Waals surface area (Å²) in [6.07, 6.45) is 0.312. The van der Waals surface area contributed by atoms with Gasteiger partial charge in [-0.3, -0.25) is 4.79 Å². The first-order valence-electron chi connectivity index (χ1n) is 5.47. The summed E-state index contributed by atoms with van der Waals surface area (Å²) < 4.78 is 0. The molecule has 0 saturated heterocycles. The van der Waals surface area contributed by atoms with Crippen molar-refractivity contribution in [1.82, 2.24) is 0 Å². The number of carbonyl (C=O) groups is 1. The second-order valence-electron chi connectivity index (χ2n) is 3.92. The van der Waals surface area contributed by atoms with Crippen LogP contribution in [0.3, 0.4) is 0 Å². The molecule has 0 fully saturated rings. The quantitative estimate of drug-likeness (QED) is 0.786. The predicted molar refractivity (Wildman–Crippen MR) is 70.6 cm³/mol. The maximum absolute atomic E-state index is 12.0. The fourth-order valence-corrected chi connectivity index (χ4v) is 1.84. The summed E-state index contributed by atoms with van der Waals surface area (Å²) in [5.74, 6) is 0.0159. The zero-order valence-corrected chi connectivity index (χ0v) is 10.3. The summed E-state index contributed by atoms with van der Waals surface area (Å²) in [5.41, 5.74) is 2.08. The van der Waals surface area contributed by atoms with Crippen molar-refractivity contribution in [3.8, 4) is 6.07 Å². The van der Waals surface area contributed by atoms with E-state index >= 15 is 0 Å². The van der Waals surface area contributed by atoms with Crippen LogP contribution in [0.4, 0.5) is 0 Å². The zero-order valence-electron chi connectivity index (χ0n) is 9.56. The first-order valence-corrected chi connectivity index (χ1v) is 5.84. The van der Waals surface area contributed by atoms with E-state index in [0.717, 1.165) is 5.56 Å². The molecule has 0 spiro atoms. The zero-order chi connectivity index (χ0) is 13.0. The van der Waals surface area contributed by atoms with Crippen molar-refractivity contribution in [2.24, 2.45) is 0 Å². The number of benzene rings is 2. The SMILES string of the molecule is N#Cc1ccc(CC(=O)c2cccc(Cl)c2)cc1. The molecule has 0 amide bonds. The molecule has 0 atom stereocenters. The third kappa shape index (κ3) is 2.97. The van der Waals surface area contributed by atoms with Crippen molar-refractivity contribution in [3.63, 3.8) is 0 Å². The highest BCUT2D eigenvalue weighted by Gasteiger charge is 2.07. The Morgan fingerprint density at radius 2 is 1.89 bits per heavy atom. The van der Waals surface area contributed by atoms with Crippen LogP contribution in [0.2, 0.25) is 5.02 Å². The van der Waals surface area contributed by atoms with Gasteiger partial charge in [-0.05, 0) is 29.8 Å². The summed E-state index contributed by atoms with van der Waals surface area (Å²) >= 11 is 5.84. The summed E-state index contributed by atoms with van der Waals surface area (Å²) in [6, 6.07) is 15.9. The van der Waals surface area contributed by atoms with E-state index < -0.39 is 0 Å². The van der Waals surface area contributed by atoms with Gasteiger partial charge in [-0.1, -0.05) is 35.9 Å². The van der Waals surface area contributed by atoms with E-state index in [9.17, 15) is 4.79 Å². The average Bonchev–Trinajstić information content (AvgIpc) is 2.39. The highest BCUT2D eigenvalue weighted by atomic mass is 35.5. The van der Waals surface area contributed by atoms with Crippen molar-refractivity contribution in [2.45, 2.75) is 6.42 Å². The lowest BCUT2D eigenvalue weighted by Gasteiger charge is -2.02. The maximum atomic E-state index is 12.0. The molecule has 2 nitrogen and oxygen atoms in total. The van der Waals surface area contributed by atoms with Crippen LogP contribution < -0.4 is 0 Å². The van der Waals surface area contributed by atoms with E-state index in [1.807, 2.05) is 6.07 Å². The van der Waals surface area contributed by atoms with Gasteiger partial charge in [-0.15, -0.1) is 0 Å². The van der Waals surface area contributed by atoms with Crippen LogP contribution >= 0.6 is 11.6 Å². The third-order valence-electron chi connectivity index (χ3n) is 2.59. The van der Waals surface area contributed by atoms with Gasteiger partial charge in [0.05, 0.1) is 11.6 Å². The molecule has 0 aliphatic rings. The molecule has 0 saturated carbocycles. The Bertz CT molecular complexity index is 611. The van der Waals surface area contributed by atoms with Crippen LogP contribution in [0, 0.1) is 11.3 Å². The fourth-order valence-electron chi connectivity index (χ4n) is 1.65. The molecule has 0 aromatic heterocycles. The molecule has 0 aliphatic carbocycles. The Hall–Kier alpha value is -2.11. The lowest BCUT2D eigenvalue weighted by molar-refractivity contribution is 0.0993. The number of Topliss-reactive ketones (excluding diaryl/α,β-unsaturated/α-hetero) is 1. The Morgan fingerprint density at radius 1 is 1.17 bits per heavy atom. The average molecular weight is 256 g/mol. The minimum Gasteiger partial charge on any atom is -0.294 e. The van der Waals surface area contributed by atoms with E-state index in [1.54, 1.807) is 48.5 Å². The van der Waals surface area contributed by atoms with Gasteiger partial charge in [0.15, 0.2) is 5.78 Å². The number of carbonyl (C=O) groups excluding carboxylic acids is 1. The van der Waals surface area contributed by atoms with Gasteiger partial charge < -0.3 is 0 Å². The highest BCUT2D eigenvalue weighted by molar-refractivity contribution is 6.31. The first kappa shape index (κ1) is 12.3. The van der Waals surface area contributed by atoms with Crippen molar-refractivity contribution in [3.05, 3.63) is 70.2 Å². The summed E-state index contributed by atoms with van der Waals surface area (Å²) in [7, 11) is 0. The van der Waals surface area contributed by atoms with E-state index in [-0.39, 0.29) is 5.78 Å². The molecule has 0 aliphatic heterocycles. The van der Waals surface area contributed by atoms with Crippen LogP contribution in [0.1, 0.15) is 21.5 Å². The van der Waals surface area contributed by atoms with Gasteiger partial charge in [0, 0.05) is 17.0 Å². The minimum absolute atomic E-state index is 0.0159. The van der Waals surface area contributed by atoms with Gasteiger partial charge in [0.1, 0.15) is 0 Å². The van der Waals surface area contributed by atoms with Gasteiger partial charge >= 0.3 is 0 Å².